The predicted octanol–water partition coefficient (Wildman–Crippen LogP) is 0.442. The van der Waals surface area contributed by atoms with Crippen LogP contribution in [0.4, 0.5) is 0 Å². The number of carbonyl (C=O) groups is 1. The van der Waals surface area contributed by atoms with Crippen molar-refractivity contribution in [2.75, 3.05) is 6.54 Å². The van der Waals surface area contributed by atoms with E-state index >= 15 is 0 Å². The van der Waals surface area contributed by atoms with Crippen molar-refractivity contribution in [2.45, 2.75) is 32.7 Å². The second-order valence-electron chi connectivity index (χ2n) is 3.99. The molecule has 1 rings (SSSR count). The summed E-state index contributed by atoms with van der Waals surface area (Å²) in [6.45, 7) is 4.58. The van der Waals surface area contributed by atoms with Crippen LogP contribution in [-0.2, 0) is 11.2 Å². The second kappa shape index (κ2) is 6.27. The summed E-state index contributed by atoms with van der Waals surface area (Å²) >= 11 is 0. The summed E-state index contributed by atoms with van der Waals surface area (Å²) in [7, 11) is 0. The third-order valence-electron chi connectivity index (χ3n) is 2.78. The highest BCUT2D eigenvalue weighted by atomic mass is 16.2. The van der Waals surface area contributed by atoms with Gasteiger partial charge in [-0.25, -0.2) is 4.98 Å². The Hall–Kier alpha value is -1.36. The molecule has 0 aliphatic rings. The molecule has 1 aromatic rings. The lowest BCUT2D eigenvalue weighted by Gasteiger charge is -2.17. The van der Waals surface area contributed by atoms with Crippen molar-refractivity contribution < 1.29 is 4.79 Å². The summed E-state index contributed by atoms with van der Waals surface area (Å²) in [5.41, 5.74) is 5.80. The minimum Gasteiger partial charge on any atom is -0.354 e. The summed E-state index contributed by atoms with van der Waals surface area (Å²) in [6.07, 6.45) is 5.07. The maximum absolute atomic E-state index is 11.6. The summed E-state index contributed by atoms with van der Waals surface area (Å²) < 4.78 is 0. The number of nitrogens with zero attached hydrogens (tertiary/aromatic N) is 1. The minimum atomic E-state index is -0.415. The van der Waals surface area contributed by atoms with Gasteiger partial charge in [-0.3, -0.25) is 4.79 Å². The fourth-order valence-electron chi connectivity index (χ4n) is 1.37. The van der Waals surface area contributed by atoms with E-state index in [4.69, 9.17) is 5.73 Å². The van der Waals surface area contributed by atoms with E-state index in [0.29, 0.717) is 13.0 Å². The molecule has 0 aliphatic carbocycles. The van der Waals surface area contributed by atoms with Crippen LogP contribution in [0.25, 0.3) is 0 Å². The van der Waals surface area contributed by atoms with Crippen molar-refractivity contribution in [1.29, 1.82) is 0 Å². The van der Waals surface area contributed by atoms with Gasteiger partial charge in [0.25, 0.3) is 0 Å². The first kappa shape index (κ1) is 12.7. The molecule has 0 radical (unpaired) electrons. The number of carbonyl (C=O) groups excluding carboxylic acids is 1. The number of amides is 1. The molecule has 1 heterocycles. The van der Waals surface area contributed by atoms with E-state index in [9.17, 15) is 4.79 Å². The Bertz CT molecular complexity index is 310. The Labute approximate surface area is 95.8 Å². The third-order valence-corrected chi connectivity index (χ3v) is 2.78. The lowest BCUT2D eigenvalue weighted by atomic mass is 9.99. The van der Waals surface area contributed by atoms with Crippen molar-refractivity contribution in [3.63, 3.8) is 0 Å². The van der Waals surface area contributed by atoms with E-state index in [1.54, 1.807) is 12.4 Å². The summed E-state index contributed by atoms with van der Waals surface area (Å²) in [6, 6.07) is -0.415. The zero-order valence-electron chi connectivity index (χ0n) is 9.86. The molecule has 90 valence electrons. The molecular formula is C11H20N4O. The number of hydrogen-bond acceptors (Lipinski definition) is 3. The maximum atomic E-state index is 11.6. The van der Waals surface area contributed by atoms with Crippen molar-refractivity contribution >= 4 is 5.91 Å². The Balaban J connectivity index is 2.24. The van der Waals surface area contributed by atoms with Gasteiger partial charge >= 0.3 is 0 Å². The molecule has 0 saturated heterocycles. The normalized spacial score (nSPS) is 14.4. The molecule has 0 fully saturated rings. The van der Waals surface area contributed by atoms with E-state index in [2.05, 4.69) is 15.3 Å². The number of imidazole rings is 1. The number of aromatic nitrogens is 2. The molecule has 5 heteroatoms. The second-order valence-corrected chi connectivity index (χ2v) is 3.99. The highest BCUT2D eigenvalue weighted by molar-refractivity contribution is 5.81. The van der Waals surface area contributed by atoms with Crippen LogP contribution in [-0.4, -0.2) is 28.5 Å². The van der Waals surface area contributed by atoms with Crippen molar-refractivity contribution in [3.05, 3.63) is 18.2 Å². The first-order valence-electron chi connectivity index (χ1n) is 5.66. The fraction of sp³-hybridized carbons (Fsp3) is 0.636. The quantitative estimate of drug-likeness (QED) is 0.655. The molecule has 16 heavy (non-hydrogen) atoms. The van der Waals surface area contributed by atoms with Gasteiger partial charge in [0, 0.05) is 25.4 Å². The van der Waals surface area contributed by atoms with Gasteiger partial charge in [0.2, 0.25) is 5.91 Å². The van der Waals surface area contributed by atoms with E-state index in [-0.39, 0.29) is 11.8 Å². The number of nitrogens with two attached hydrogens (primary N) is 1. The summed E-state index contributed by atoms with van der Waals surface area (Å²) in [5.74, 6) is 1.00. The van der Waals surface area contributed by atoms with Gasteiger partial charge < -0.3 is 16.0 Å². The molecule has 0 spiro atoms. The van der Waals surface area contributed by atoms with Gasteiger partial charge in [0.05, 0.1) is 6.04 Å². The molecule has 0 aliphatic heterocycles. The van der Waals surface area contributed by atoms with Crippen molar-refractivity contribution in [2.24, 2.45) is 11.7 Å². The van der Waals surface area contributed by atoms with Crippen molar-refractivity contribution in [1.82, 2.24) is 15.3 Å². The van der Waals surface area contributed by atoms with Gasteiger partial charge in [-0.1, -0.05) is 20.3 Å². The summed E-state index contributed by atoms with van der Waals surface area (Å²) in [4.78, 5) is 18.7. The number of aromatic amines is 1. The molecule has 1 aromatic heterocycles. The Morgan fingerprint density at radius 2 is 2.44 bits per heavy atom. The zero-order valence-corrected chi connectivity index (χ0v) is 9.86. The Morgan fingerprint density at radius 3 is 3.00 bits per heavy atom. The average molecular weight is 224 g/mol. The number of nitrogens with one attached hydrogen (secondary N) is 2. The smallest absolute Gasteiger partial charge is 0.237 e. The maximum Gasteiger partial charge on any atom is 0.237 e. The molecule has 0 bridgehead atoms. The molecule has 4 N–H and O–H groups in total. The third kappa shape index (κ3) is 3.66. The lowest BCUT2D eigenvalue weighted by Crippen LogP contribution is -2.45. The van der Waals surface area contributed by atoms with E-state index in [1.807, 2.05) is 13.8 Å². The van der Waals surface area contributed by atoms with Crippen LogP contribution in [0.5, 0.6) is 0 Å². The molecule has 5 nitrogen and oxygen atoms in total. The van der Waals surface area contributed by atoms with Gasteiger partial charge in [-0.2, -0.15) is 0 Å². The monoisotopic (exact) mass is 224 g/mol. The van der Waals surface area contributed by atoms with Crippen LogP contribution in [0.2, 0.25) is 0 Å². The van der Waals surface area contributed by atoms with Crippen LogP contribution >= 0.6 is 0 Å². The van der Waals surface area contributed by atoms with Crippen LogP contribution in [0, 0.1) is 5.92 Å². The molecule has 0 aromatic carbocycles. The van der Waals surface area contributed by atoms with Crippen LogP contribution in [0.3, 0.4) is 0 Å². The molecular weight excluding hydrogens is 204 g/mol. The van der Waals surface area contributed by atoms with E-state index in [1.165, 1.54) is 0 Å². The standard InChI is InChI=1S/C11H20N4O/c1-3-8(2)10(12)11(16)15-5-4-9-13-6-7-14-9/h6-8,10H,3-5,12H2,1-2H3,(H,13,14)(H,15,16). The first-order chi connectivity index (χ1) is 7.65. The van der Waals surface area contributed by atoms with Gasteiger partial charge in [-0.15, -0.1) is 0 Å². The van der Waals surface area contributed by atoms with Crippen LogP contribution in [0.1, 0.15) is 26.1 Å². The number of H-pyrrole nitrogens is 1. The van der Waals surface area contributed by atoms with Gasteiger partial charge in [0.15, 0.2) is 0 Å². The topological polar surface area (TPSA) is 83.8 Å². The molecule has 1 amide bonds. The minimum absolute atomic E-state index is 0.0825. The molecule has 2 unspecified atom stereocenters. The van der Waals surface area contributed by atoms with Crippen LogP contribution in [0.15, 0.2) is 12.4 Å². The van der Waals surface area contributed by atoms with E-state index < -0.39 is 6.04 Å². The number of rotatable bonds is 6. The first-order valence-corrected chi connectivity index (χ1v) is 5.66. The van der Waals surface area contributed by atoms with Gasteiger partial charge in [-0.05, 0) is 5.92 Å². The Morgan fingerprint density at radius 1 is 1.69 bits per heavy atom. The predicted molar refractivity (Wildman–Crippen MR) is 62.7 cm³/mol. The highest BCUT2D eigenvalue weighted by Gasteiger charge is 2.18. The van der Waals surface area contributed by atoms with Gasteiger partial charge in [0.1, 0.15) is 5.82 Å². The molecule has 0 saturated carbocycles. The Kier molecular flexibility index (Phi) is 4.98. The largest absolute Gasteiger partial charge is 0.354 e. The fourth-order valence-corrected chi connectivity index (χ4v) is 1.37. The molecule has 2 atom stereocenters. The van der Waals surface area contributed by atoms with Crippen molar-refractivity contribution in [3.8, 4) is 0 Å². The lowest BCUT2D eigenvalue weighted by molar-refractivity contribution is -0.123. The highest BCUT2D eigenvalue weighted by Crippen LogP contribution is 2.04. The van der Waals surface area contributed by atoms with Crippen LogP contribution < -0.4 is 11.1 Å². The zero-order chi connectivity index (χ0) is 12.0. The number of hydrogen-bond donors (Lipinski definition) is 3. The SMILES string of the molecule is CCC(C)C(N)C(=O)NCCc1ncc[nH]1. The average Bonchev–Trinajstić information content (AvgIpc) is 2.79. The summed E-state index contributed by atoms with van der Waals surface area (Å²) in [5, 5.41) is 2.81. The van der Waals surface area contributed by atoms with E-state index in [0.717, 1.165) is 12.2 Å².